The average molecular weight is 418 g/mol. The zero-order valence-corrected chi connectivity index (χ0v) is 17.2. The predicted molar refractivity (Wildman–Crippen MR) is 117 cm³/mol. The molecule has 4 aliphatic carbocycles. The van der Waals surface area contributed by atoms with Crippen molar-refractivity contribution in [2.24, 2.45) is 23.5 Å². The maximum Gasteiger partial charge on any atom is 0.252 e. The number of phenols is 1. The first-order chi connectivity index (χ1) is 14.9. The van der Waals surface area contributed by atoms with E-state index in [2.05, 4.69) is 10.4 Å². The number of nitrogens with one attached hydrogen (secondary N) is 1. The van der Waals surface area contributed by atoms with Crippen LogP contribution in [-0.4, -0.2) is 37.4 Å². The zero-order chi connectivity index (χ0) is 21.3. The van der Waals surface area contributed by atoms with Crippen LogP contribution >= 0.6 is 0 Å². The number of nitrogens with zero attached hydrogens (tertiary/aromatic N) is 2. The first kappa shape index (κ1) is 18.7. The third kappa shape index (κ3) is 2.91. The van der Waals surface area contributed by atoms with Crippen molar-refractivity contribution in [1.29, 1.82) is 0 Å². The van der Waals surface area contributed by atoms with Gasteiger partial charge in [-0.3, -0.25) is 4.79 Å². The Morgan fingerprint density at radius 1 is 1.19 bits per heavy atom. The molecule has 2 aromatic heterocycles. The van der Waals surface area contributed by atoms with Gasteiger partial charge in [-0.05, 0) is 62.0 Å². The molecule has 3 aromatic rings. The second kappa shape index (κ2) is 6.47. The van der Waals surface area contributed by atoms with Crippen molar-refractivity contribution in [3.63, 3.8) is 0 Å². The van der Waals surface area contributed by atoms with E-state index in [0.29, 0.717) is 34.6 Å². The number of aromatic hydroxyl groups is 1. The monoisotopic (exact) mass is 418 g/mol. The van der Waals surface area contributed by atoms with Crippen molar-refractivity contribution >= 4 is 17.1 Å². The van der Waals surface area contributed by atoms with Crippen molar-refractivity contribution in [2.45, 2.75) is 43.7 Å². The number of nitrogens with two attached hydrogens (primary N) is 1. The predicted octanol–water partition coefficient (Wildman–Crippen LogP) is 3.16. The molecule has 0 spiro atoms. The number of aromatic nitrogens is 2. The smallest absolute Gasteiger partial charge is 0.252 e. The fourth-order valence-electron chi connectivity index (χ4n) is 6.64. The van der Waals surface area contributed by atoms with Gasteiger partial charge in [0.25, 0.3) is 5.91 Å². The number of primary amides is 1. The number of fused-ring (bicyclic) bond motifs is 1. The first-order valence-electron chi connectivity index (χ1n) is 11.0. The van der Waals surface area contributed by atoms with Crippen LogP contribution in [0, 0.1) is 17.8 Å². The van der Waals surface area contributed by atoms with E-state index >= 15 is 0 Å². The van der Waals surface area contributed by atoms with Gasteiger partial charge in [0.1, 0.15) is 5.75 Å². The highest BCUT2D eigenvalue weighted by Gasteiger charge is 2.54. The third-order valence-corrected chi connectivity index (χ3v) is 7.67. The summed E-state index contributed by atoms with van der Waals surface area (Å²) in [5.41, 5.74) is 8.52. The number of para-hydroxylation sites is 1. The molecule has 4 fully saturated rings. The number of rotatable bonds is 4. The van der Waals surface area contributed by atoms with Gasteiger partial charge < -0.3 is 21.3 Å². The lowest BCUT2D eigenvalue weighted by Crippen LogP contribution is -2.59. The van der Waals surface area contributed by atoms with E-state index in [1.807, 2.05) is 24.4 Å². The summed E-state index contributed by atoms with van der Waals surface area (Å²) >= 11 is 0. The second-order valence-corrected chi connectivity index (χ2v) is 9.74. The van der Waals surface area contributed by atoms with Crippen LogP contribution in [0.15, 0.2) is 42.7 Å². The summed E-state index contributed by atoms with van der Waals surface area (Å²) in [6.07, 6.45) is 8.16. The van der Waals surface area contributed by atoms with Gasteiger partial charge in [0.2, 0.25) is 0 Å². The molecule has 160 valence electrons. The van der Waals surface area contributed by atoms with Gasteiger partial charge in [-0.25, -0.2) is 4.52 Å². The maximum absolute atomic E-state index is 12.2. The molecule has 0 saturated heterocycles. The molecule has 7 rings (SSSR count). The van der Waals surface area contributed by atoms with Gasteiger partial charge in [0, 0.05) is 23.4 Å². The molecule has 4 saturated carbocycles. The summed E-state index contributed by atoms with van der Waals surface area (Å²) in [7, 11) is 0. The van der Waals surface area contributed by atoms with Crippen LogP contribution in [0.4, 0.5) is 5.69 Å². The summed E-state index contributed by atoms with van der Waals surface area (Å²) < 4.78 is 1.72. The van der Waals surface area contributed by atoms with Crippen LogP contribution in [-0.2, 0) is 0 Å². The van der Waals surface area contributed by atoms with Gasteiger partial charge in [0.15, 0.2) is 0 Å². The lowest BCUT2D eigenvalue weighted by molar-refractivity contribution is -0.129. The lowest BCUT2D eigenvalue weighted by atomic mass is 9.52. The largest absolute Gasteiger partial charge is 0.507 e. The number of anilines is 1. The summed E-state index contributed by atoms with van der Waals surface area (Å²) in [5, 5.41) is 29.3. The highest BCUT2D eigenvalue weighted by molar-refractivity contribution is 6.02. The molecule has 5 N–H and O–H groups in total. The number of carbonyl (C=O) groups excluding carboxylic acids is 1. The molecule has 4 bridgehead atoms. The van der Waals surface area contributed by atoms with Crippen molar-refractivity contribution in [3.05, 3.63) is 48.3 Å². The minimum absolute atomic E-state index is 0.192. The fraction of sp³-hybridized carbons (Fsp3) is 0.417. The van der Waals surface area contributed by atoms with Gasteiger partial charge in [-0.1, -0.05) is 18.2 Å². The number of hydrogen-bond acceptors (Lipinski definition) is 5. The lowest BCUT2D eigenvalue weighted by Gasteiger charge is -2.58. The Morgan fingerprint density at radius 2 is 1.94 bits per heavy atom. The van der Waals surface area contributed by atoms with Gasteiger partial charge in [-0.15, -0.1) is 0 Å². The molecule has 0 radical (unpaired) electrons. The molecule has 2 heterocycles. The SMILES string of the molecule is NC(=O)c1cnn2cc(-c3ccccc3O)cc2c1NC1C2CC3CC1CC(O)(C3)C2. The second-order valence-electron chi connectivity index (χ2n) is 9.74. The molecule has 7 nitrogen and oxygen atoms in total. The number of benzene rings is 1. The molecule has 0 aliphatic heterocycles. The summed E-state index contributed by atoms with van der Waals surface area (Å²) in [6, 6.07) is 9.29. The molecular formula is C24H26N4O3. The van der Waals surface area contributed by atoms with E-state index in [9.17, 15) is 15.0 Å². The Bertz CT molecular complexity index is 1190. The third-order valence-electron chi connectivity index (χ3n) is 7.67. The zero-order valence-electron chi connectivity index (χ0n) is 17.2. The summed E-state index contributed by atoms with van der Waals surface area (Å²) in [6.45, 7) is 0. The molecule has 2 atom stereocenters. The van der Waals surface area contributed by atoms with Crippen LogP contribution < -0.4 is 11.1 Å². The molecule has 1 aromatic carbocycles. The first-order valence-corrected chi connectivity index (χ1v) is 11.0. The van der Waals surface area contributed by atoms with Crippen molar-refractivity contribution < 1.29 is 15.0 Å². The maximum atomic E-state index is 12.2. The minimum atomic E-state index is -0.523. The molecule has 7 heteroatoms. The minimum Gasteiger partial charge on any atom is -0.507 e. The van der Waals surface area contributed by atoms with Gasteiger partial charge in [-0.2, -0.15) is 5.10 Å². The Kier molecular flexibility index (Phi) is 3.90. The quantitative estimate of drug-likeness (QED) is 0.520. The van der Waals surface area contributed by atoms with E-state index < -0.39 is 11.5 Å². The number of carbonyl (C=O) groups is 1. The Hall–Kier alpha value is -3.06. The van der Waals surface area contributed by atoms with E-state index in [-0.39, 0.29) is 11.8 Å². The van der Waals surface area contributed by atoms with E-state index in [1.165, 1.54) is 6.20 Å². The van der Waals surface area contributed by atoms with Crippen LogP contribution in [0.5, 0.6) is 5.75 Å². The standard InChI is InChI=1S/C24H26N4O3/c25-23(30)18-11-26-28-12-16(17-3-1-2-4-20(17)29)7-19(28)22(18)27-21-14-5-13-6-15(21)10-24(31,8-13)9-14/h1-4,7,11-15,21,27,29,31H,5-6,8-10H2,(H2,25,30). The van der Waals surface area contributed by atoms with Gasteiger partial charge in [0.05, 0.1) is 28.6 Å². The van der Waals surface area contributed by atoms with E-state index in [1.54, 1.807) is 16.6 Å². The Balaban J connectivity index is 1.44. The highest BCUT2D eigenvalue weighted by Crippen LogP contribution is 2.56. The van der Waals surface area contributed by atoms with Crippen molar-refractivity contribution in [2.75, 3.05) is 5.32 Å². The number of phenolic OH excluding ortho intramolecular Hbond substituents is 1. The number of hydrogen-bond donors (Lipinski definition) is 4. The Labute approximate surface area is 179 Å². The average Bonchev–Trinajstić information content (AvgIpc) is 3.14. The highest BCUT2D eigenvalue weighted by atomic mass is 16.3. The van der Waals surface area contributed by atoms with Crippen LogP contribution in [0.25, 0.3) is 16.6 Å². The van der Waals surface area contributed by atoms with Crippen LogP contribution in [0.2, 0.25) is 0 Å². The van der Waals surface area contributed by atoms with Crippen LogP contribution in [0.1, 0.15) is 42.5 Å². The summed E-state index contributed by atoms with van der Waals surface area (Å²) in [5.74, 6) is 1.05. The van der Waals surface area contributed by atoms with Crippen LogP contribution in [0.3, 0.4) is 0 Å². The topological polar surface area (TPSA) is 113 Å². The van der Waals surface area contributed by atoms with Crippen molar-refractivity contribution in [3.8, 4) is 16.9 Å². The molecular weight excluding hydrogens is 392 g/mol. The van der Waals surface area contributed by atoms with E-state index in [0.717, 1.165) is 43.2 Å². The number of aliphatic hydroxyl groups is 1. The number of amides is 1. The molecule has 1 amide bonds. The molecule has 31 heavy (non-hydrogen) atoms. The van der Waals surface area contributed by atoms with Gasteiger partial charge >= 0.3 is 0 Å². The molecule has 2 unspecified atom stereocenters. The Morgan fingerprint density at radius 3 is 2.61 bits per heavy atom. The summed E-state index contributed by atoms with van der Waals surface area (Å²) in [4.78, 5) is 12.2. The fourth-order valence-corrected chi connectivity index (χ4v) is 6.64. The molecule has 4 aliphatic rings. The van der Waals surface area contributed by atoms with Crippen molar-refractivity contribution in [1.82, 2.24) is 9.61 Å². The normalized spacial score (nSPS) is 31.3. The van der Waals surface area contributed by atoms with E-state index in [4.69, 9.17) is 5.73 Å².